The molecular formula is C24H32N2O3. The molecule has 0 N–H and O–H groups in total. The quantitative estimate of drug-likeness (QED) is 0.724. The Labute approximate surface area is 173 Å². The van der Waals surface area contributed by atoms with Crippen molar-refractivity contribution in [2.45, 2.75) is 38.3 Å². The zero-order valence-electron chi connectivity index (χ0n) is 17.8. The first kappa shape index (κ1) is 20.0. The third-order valence-electron chi connectivity index (χ3n) is 6.37. The van der Waals surface area contributed by atoms with Crippen LogP contribution in [-0.2, 0) is 6.42 Å². The van der Waals surface area contributed by atoms with Crippen molar-refractivity contribution in [2.75, 3.05) is 40.4 Å². The first-order valence-corrected chi connectivity index (χ1v) is 10.6. The van der Waals surface area contributed by atoms with Crippen LogP contribution in [0.15, 0.2) is 41.0 Å². The highest BCUT2D eigenvalue weighted by atomic mass is 16.5. The van der Waals surface area contributed by atoms with Crippen molar-refractivity contribution < 1.29 is 13.9 Å². The summed E-state index contributed by atoms with van der Waals surface area (Å²) < 4.78 is 16.4. The Morgan fingerprint density at radius 1 is 1.17 bits per heavy atom. The molecule has 3 heterocycles. The molecular weight excluding hydrogens is 364 g/mol. The first-order valence-electron chi connectivity index (χ1n) is 10.6. The minimum Gasteiger partial charge on any atom is -0.493 e. The molecule has 0 unspecified atom stereocenters. The second kappa shape index (κ2) is 9.06. The van der Waals surface area contributed by atoms with Gasteiger partial charge in [0, 0.05) is 31.7 Å². The number of hydrogen-bond acceptors (Lipinski definition) is 5. The van der Waals surface area contributed by atoms with Crippen LogP contribution in [-0.4, -0.2) is 56.2 Å². The van der Waals surface area contributed by atoms with E-state index >= 15 is 0 Å². The first-order chi connectivity index (χ1) is 14.2. The average molecular weight is 397 g/mol. The number of benzene rings is 1. The number of fused-ring (bicyclic) bond motifs is 1. The smallest absolute Gasteiger partial charge is 0.161 e. The highest BCUT2D eigenvalue weighted by Gasteiger charge is 2.32. The fraction of sp³-hybridized carbons (Fsp3) is 0.500. The van der Waals surface area contributed by atoms with E-state index in [0.717, 1.165) is 43.3 Å². The number of piperidine rings is 1. The Balaban J connectivity index is 1.43. The van der Waals surface area contributed by atoms with Crippen LogP contribution in [0.2, 0.25) is 0 Å². The number of ether oxygens (including phenoxy) is 2. The van der Waals surface area contributed by atoms with Crippen LogP contribution < -0.4 is 9.47 Å². The molecule has 2 aliphatic rings. The molecule has 0 spiro atoms. The molecule has 1 aromatic heterocycles. The molecule has 2 atom stereocenters. The molecule has 0 radical (unpaired) electrons. The van der Waals surface area contributed by atoms with Crippen LogP contribution >= 0.6 is 0 Å². The summed E-state index contributed by atoms with van der Waals surface area (Å²) in [6, 6.07) is 9.24. The largest absolute Gasteiger partial charge is 0.493 e. The molecule has 1 saturated heterocycles. The molecule has 5 heteroatoms. The van der Waals surface area contributed by atoms with Gasteiger partial charge >= 0.3 is 0 Å². The predicted octanol–water partition coefficient (Wildman–Crippen LogP) is 4.39. The number of rotatable bonds is 6. The van der Waals surface area contributed by atoms with Gasteiger partial charge in [-0.05, 0) is 74.2 Å². The number of likely N-dealkylation sites (tertiary alicyclic amines) is 1. The molecule has 5 nitrogen and oxygen atoms in total. The van der Waals surface area contributed by atoms with Gasteiger partial charge in [-0.2, -0.15) is 0 Å². The molecule has 2 aromatic rings. The zero-order valence-corrected chi connectivity index (χ0v) is 17.8. The van der Waals surface area contributed by atoms with Crippen LogP contribution in [0.25, 0.3) is 6.08 Å². The standard InChI is InChI=1S/C24H32N2O3/c1-18-22-16-24(28-3)23(27-2)15-19(22)10-13-26(18)20-7-4-11-25(17-20)12-5-8-21-9-6-14-29-21/h5-6,8-9,14-16,18,20H,4,7,10-13,17H2,1-3H3/b8-5+/t18-,20-/m1/s1. The average Bonchev–Trinajstić information content (AvgIpc) is 3.27. The number of nitrogens with zero attached hydrogens (tertiary/aromatic N) is 2. The van der Waals surface area contributed by atoms with Crippen molar-refractivity contribution in [1.29, 1.82) is 0 Å². The van der Waals surface area contributed by atoms with Crippen molar-refractivity contribution >= 4 is 6.08 Å². The molecule has 1 fully saturated rings. The summed E-state index contributed by atoms with van der Waals surface area (Å²) in [5.74, 6) is 2.58. The van der Waals surface area contributed by atoms with E-state index in [9.17, 15) is 0 Å². The van der Waals surface area contributed by atoms with Crippen molar-refractivity contribution in [1.82, 2.24) is 9.80 Å². The van der Waals surface area contributed by atoms with Crippen molar-refractivity contribution in [3.63, 3.8) is 0 Å². The van der Waals surface area contributed by atoms with E-state index in [2.05, 4.69) is 41.0 Å². The molecule has 0 aliphatic carbocycles. The number of furan rings is 1. The van der Waals surface area contributed by atoms with E-state index in [1.54, 1.807) is 20.5 Å². The fourth-order valence-corrected chi connectivity index (χ4v) is 4.83. The van der Waals surface area contributed by atoms with E-state index < -0.39 is 0 Å². The second-order valence-electron chi connectivity index (χ2n) is 8.04. The Hall–Kier alpha value is -2.24. The van der Waals surface area contributed by atoms with Gasteiger partial charge in [0.25, 0.3) is 0 Å². The van der Waals surface area contributed by atoms with E-state index in [-0.39, 0.29) is 0 Å². The summed E-state index contributed by atoms with van der Waals surface area (Å²) in [6.45, 7) is 6.70. The Morgan fingerprint density at radius 3 is 2.76 bits per heavy atom. The van der Waals surface area contributed by atoms with Crippen LogP contribution in [0, 0.1) is 0 Å². The predicted molar refractivity (Wildman–Crippen MR) is 116 cm³/mol. The monoisotopic (exact) mass is 396 g/mol. The van der Waals surface area contributed by atoms with Gasteiger partial charge in [-0.25, -0.2) is 0 Å². The zero-order chi connectivity index (χ0) is 20.2. The van der Waals surface area contributed by atoms with Gasteiger partial charge < -0.3 is 13.9 Å². The lowest BCUT2D eigenvalue weighted by atomic mass is 9.90. The van der Waals surface area contributed by atoms with Crippen molar-refractivity contribution in [3.8, 4) is 11.5 Å². The molecule has 1 aromatic carbocycles. The lowest BCUT2D eigenvalue weighted by Crippen LogP contribution is -2.50. The Bertz CT molecular complexity index is 831. The SMILES string of the molecule is COc1cc2c(cc1OC)[C@@H](C)N([C@@H]1CCCN(C/C=C/c3ccco3)C1)CC2. The van der Waals surface area contributed by atoms with Crippen LogP contribution in [0.4, 0.5) is 0 Å². The van der Waals surface area contributed by atoms with E-state index in [0.29, 0.717) is 12.1 Å². The molecule has 29 heavy (non-hydrogen) atoms. The summed E-state index contributed by atoms with van der Waals surface area (Å²) in [5.41, 5.74) is 2.77. The van der Waals surface area contributed by atoms with Crippen molar-refractivity contribution in [2.24, 2.45) is 0 Å². The molecule has 0 bridgehead atoms. The summed E-state index contributed by atoms with van der Waals surface area (Å²) in [7, 11) is 3.42. The maximum atomic E-state index is 5.56. The molecule has 156 valence electrons. The maximum absolute atomic E-state index is 5.56. The Morgan fingerprint density at radius 2 is 2.00 bits per heavy atom. The van der Waals surface area contributed by atoms with Gasteiger partial charge in [0.05, 0.1) is 20.5 Å². The van der Waals surface area contributed by atoms with E-state index in [1.807, 2.05) is 12.1 Å². The molecule has 0 saturated carbocycles. The lowest BCUT2D eigenvalue weighted by Gasteiger charge is -2.45. The highest BCUT2D eigenvalue weighted by molar-refractivity contribution is 5.49. The molecule has 0 amide bonds. The van der Waals surface area contributed by atoms with Gasteiger partial charge in [0.2, 0.25) is 0 Å². The van der Waals surface area contributed by atoms with E-state index in [1.165, 1.54) is 30.5 Å². The third-order valence-corrected chi connectivity index (χ3v) is 6.37. The highest BCUT2D eigenvalue weighted by Crippen LogP contribution is 2.39. The maximum Gasteiger partial charge on any atom is 0.161 e. The van der Waals surface area contributed by atoms with Gasteiger partial charge in [-0.1, -0.05) is 6.08 Å². The number of methoxy groups -OCH3 is 2. The van der Waals surface area contributed by atoms with Crippen molar-refractivity contribution in [3.05, 3.63) is 53.5 Å². The summed E-state index contributed by atoms with van der Waals surface area (Å²) in [6.07, 6.45) is 9.59. The third kappa shape index (κ3) is 4.36. The summed E-state index contributed by atoms with van der Waals surface area (Å²) in [5, 5.41) is 0. The van der Waals surface area contributed by atoms with E-state index in [4.69, 9.17) is 13.9 Å². The van der Waals surface area contributed by atoms with Crippen LogP contribution in [0.5, 0.6) is 11.5 Å². The van der Waals surface area contributed by atoms with Gasteiger partial charge in [0.15, 0.2) is 11.5 Å². The minimum absolute atomic E-state index is 0.391. The van der Waals surface area contributed by atoms with Gasteiger partial charge in [-0.15, -0.1) is 0 Å². The van der Waals surface area contributed by atoms with Gasteiger partial charge in [0.1, 0.15) is 5.76 Å². The second-order valence-corrected chi connectivity index (χ2v) is 8.04. The summed E-state index contributed by atoms with van der Waals surface area (Å²) >= 11 is 0. The number of hydrogen-bond donors (Lipinski definition) is 0. The van der Waals surface area contributed by atoms with Gasteiger partial charge in [-0.3, -0.25) is 9.80 Å². The van der Waals surface area contributed by atoms with Crippen LogP contribution in [0.3, 0.4) is 0 Å². The summed E-state index contributed by atoms with van der Waals surface area (Å²) in [4.78, 5) is 5.25. The topological polar surface area (TPSA) is 38.1 Å². The Kier molecular flexibility index (Phi) is 6.26. The minimum atomic E-state index is 0.391. The molecule has 4 rings (SSSR count). The fourth-order valence-electron chi connectivity index (χ4n) is 4.83. The lowest BCUT2D eigenvalue weighted by molar-refractivity contribution is 0.0685. The molecule has 2 aliphatic heterocycles. The normalized spacial score (nSPS) is 23.3. The van der Waals surface area contributed by atoms with Crippen LogP contribution in [0.1, 0.15) is 42.7 Å².